The van der Waals surface area contributed by atoms with E-state index < -0.39 is 17.7 Å². The first-order chi connectivity index (χ1) is 15.8. The Morgan fingerprint density at radius 2 is 1.91 bits per heavy atom. The van der Waals surface area contributed by atoms with Crippen LogP contribution in [0.15, 0.2) is 42.5 Å². The number of rotatable bonds is 6. The number of carbonyl (C=O) groups excluding carboxylic acids is 2. The normalized spacial score (nSPS) is 17.9. The minimum Gasteiger partial charge on any atom is -0.486 e. The van der Waals surface area contributed by atoms with Crippen molar-refractivity contribution in [3.63, 3.8) is 0 Å². The number of hydrogen-bond donors (Lipinski definition) is 0. The average molecular weight is 462 g/mol. The summed E-state index contributed by atoms with van der Waals surface area (Å²) >= 11 is 0. The molecule has 176 valence electrons. The molecule has 2 heterocycles. The minimum absolute atomic E-state index is 0.0377. The molecule has 0 aromatic heterocycles. The largest absolute Gasteiger partial charge is 0.486 e. The first-order valence-corrected chi connectivity index (χ1v) is 10.9. The number of fused-ring (bicyclic) bond motifs is 1. The predicted molar refractivity (Wildman–Crippen MR) is 113 cm³/mol. The van der Waals surface area contributed by atoms with Gasteiger partial charge >= 0.3 is 6.18 Å². The summed E-state index contributed by atoms with van der Waals surface area (Å²) in [6.45, 7) is 3.75. The van der Waals surface area contributed by atoms with Crippen LogP contribution in [0.5, 0.6) is 11.5 Å². The van der Waals surface area contributed by atoms with Gasteiger partial charge < -0.3 is 19.3 Å². The minimum atomic E-state index is -4.45. The SMILES string of the molecule is CCN(Cc1cccc2c1OCCO2)C(=O)C1CC(=O)N(Cc2cccc(C(F)(F)F)c2)C1. The van der Waals surface area contributed by atoms with Crippen LogP contribution in [-0.4, -0.2) is 47.9 Å². The van der Waals surface area contributed by atoms with Crippen molar-refractivity contribution in [3.05, 3.63) is 59.2 Å². The maximum atomic E-state index is 13.2. The Balaban J connectivity index is 1.43. The monoisotopic (exact) mass is 462 g/mol. The highest BCUT2D eigenvalue weighted by Gasteiger charge is 2.37. The first-order valence-electron chi connectivity index (χ1n) is 10.9. The van der Waals surface area contributed by atoms with E-state index >= 15 is 0 Å². The molecule has 2 aliphatic heterocycles. The van der Waals surface area contributed by atoms with E-state index in [1.54, 1.807) is 11.0 Å². The lowest BCUT2D eigenvalue weighted by atomic mass is 10.1. The Labute approximate surface area is 189 Å². The highest BCUT2D eigenvalue weighted by Crippen LogP contribution is 2.35. The maximum Gasteiger partial charge on any atom is 0.416 e. The van der Waals surface area contributed by atoms with Crippen molar-refractivity contribution in [3.8, 4) is 11.5 Å². The molecule has 1 atom stereocenters. The number of likely N-dealkylation sites (tertiary alicyclic amines) is 1. The fourth-order valence-corrected chi connectivity index (χ4v) is 4.22. The van der Waals surface area contributed by atoms with Gasteiger partial charge in [0.1, 0.15) is 13.2 Å². The van der Waals surface area contributed by atoms with E-state index in [0.29, 0.717) is 43.4 Å². The van der Waals surface area contributed by atoms with Crippen LogP contribution in [0.25, 0.3) is 0 Å². The van der Waals surface area contributed by atoms with Crippen LogP contribution in [0.1, 0.15) is 30.0 Å². The summed E-state index contributed by atoms with van der Waals surface area (Å²) in [7, 11) is 0. The molecule has 1 saturated heterocycles. The molecule has 0 N–H and O–H groups in total. The molecule has 2 aliphatic rings. The molecule has 0 spiro atoms. The zero-order valence-corrected chi connectivity index (χ0v) is 18.2. The van der Waals surface area contributed by atoms with E-state index in [0.717, 1.165) is 17.7 Å². The molecule has 9 heteroatoms. The number of alkyl halides is 3. The summed E-state index contributed by atoms with van der Waals surface area (Å²) < 4.78 is 50.3. The van der Waals surface area contributed by atoms with E-state index in [2.05, 4.69) is 0 Å². The predicted octanol–water partition coefficient (Wildman–Crippen LogP) is 3.87. The van der Waals surface area contributed by atoms with E-state index in [9.17, 15) is 22.8 Å². The third-order valence-corrected chi connectivity index (χ3v) is 5.89. The molecule has 1 unspecified atom stereocenters. The Hall–Kier alpha value is -3.23. The molecule has 0 radical (unpaired) electrons. The van der Waals surface area contributed by atoms with Crippen LogP contribution in [0, 0.1) is 5.92 Å². The smallest absolute Gasteiger partial charge is 0.416 e. The topological polar surface area (TPSA) is 59.1 Å². The number of nitrogens with zero attached hydrogens (tertiary/aromatic N) is 2. The van der Waals surface area contributed by atoms with Gasteiger partial charge in [0.25, 0.3) is 0 Å². The molecular weight excluding hydrogens is 437 g/mol. The summed E-state index contributed by atoms with van der Waals surface area (Å²) in [6.07, 6.45) is -4.41. The van der Waals surface area contributed by atoms with E-state index in [1.807, 2.05) is 25.1 Å². The number of para-hydroxylation sites is 1. The second-order valence-corrected chi connectivity index (χ2v) is 8.17. The lowest BCUT2D eigenvalue weighted by Gasteiger charge is -2.27. The van der Waals surface area contributed by atoms with Crippen molar-refractivity contribution in [2.45, 2.75) is 32.6 Å². The lowest BCUT2D eigenvalue weighted by Crippen LogP contribution is -2.37. The fourth-order valence-electron chi connectivity index (χ4n) is 4.22. The van der Waals surface area contributed by atoms with Crippen LogP contribution in [-0.2, 0) is 28.9 Å². The second kappa shape index (κ2) is 9.33. The molecule has 6 nitrogen and oxygen atoms in total. The highest BCUT2D eigenvalue weighted by molar-refractivity contribution is 5.89. The van der Waals surface area contributed by atoms with Crippen LogP contribution in [0.3, 0.4) is 0 Å². The van der Waals surface area contributed by atoms with Crippen LogP contribution < -0.4 is 9.47 Å². The first kappa shape index (κ1) is 22.9. The molecule has 0 bridgehead atoms. The average Bonchev–Trinajstić information content (AvgIpc) is 3.16. The maximum absolute atomic E-state index is 13.2. The van der Waals surface area contributed by atoms with E-state index in [1.165, 1.54) is 11.0 Å². The second-order valence-electron chi connectivity index (χ2n) is 8.17. The van der Waals surface area contributed by atoms with E-state index in [-0.39, 0.29) is 31.3 Å². The van der Waals surface area contributed by atoms with Gasteiger partial charge in [-0.25, -0.2) is 0 Å². The summed E-state index contributed by atoms with van der Waals surface area (Å²) in [5, 5.41) is 0. The van der Waals surface area contributed by atoms with Gasteiger partial charge in [-0.3, -0.25) is 9.59 Å². The summed E-state index contributed by atoms with van der Waals surface area (Å²) in [4.78, 5) is 28.9. The molecule has 2 aromatic carbocycles. The van der Waals surface area contributed by atoms with Crippen LogP contribution in [0.2, 0.25) is 0 Å². The Bertz CT molecular complexity index is 1040. The van der Waals surface area contributed by atoms with Gasteiger partial charge in [-0.05, 0) is 30.7 Å². The van der Waals surface area contributed by atoms with Crippen LogP contribution >= 0.6 is 0 Å². The zero-order valence-electron chi connectivity index (χ0n) is 18.2. The van der Waals surface area contributed by atoms with Gasteiger partial charge in [-0.2, -0.15) is 13.2 Å². The summed E-state index contributed by atoms with van der Waals surface area (Å²) in [5.41, 5.74) is 0.452. The van der Waals surface area contributed by atoms with Gasteiger partial charge in [-0.1, -0.05) is 24.3 Å². The molecule has 33 heavy (non-hydrogen) atoms. The third kappa shape index (κ3) is 5.07. The molecular formula is C24H25F3N2O4. The standard InChI is InChI=1S/C24H25F3N2O4/c1-2-28(14-17-6-4-8-20-22(17)33-10-9-32-20)23(31)18-12-21(30)29(15-18)13-16-5-3-7-19(11-16)24(25,26)27/h3-8,11,18H,2,9-10,12-15H2,1H3. The van der Waals surface area contributed by atoms with Crippen molar-refractivity contribution in [2.75, 3.05) is 26.3 Å². The number of carbonyl (C=O) groups is 2. The van der Waals surface area contributed by atoms with Crippen molar-refractivity contribution >= 4 is 11.8 Å². The van der Waals surface area contributed by atoms with Crippen molar-refractivity contribution < 1.29 is 32.2 Å². The Morgan fingerprint density at radius 1 is 1.15 bits per heavy atom. The van der Waals surface area contributed by atoms with Crippen molar-refractivity contribution in [1.29, 1.82) is 0 Å². The molecule has 0 saturated carbocycles. The lowest BCUT2D eigenvalue weighted by molar-refractivity contribution is -0.137. The third-order valence-electron chi connectivity index (χ3n) is 5.89. The fraction of sp³-hybridized carbons (Fsp3) is 0.417. The Kier molecular flexibility index (Phi) is 6.49. The number of benzene rings is 2. The Morgan fingerprint density at radius 3 is 2.67 bits per heavy atom. The number of halogens is 3. The number of ether oxygens (including phenoxy) is 2. The molecule has 4 rings (SSSR count). The van der Waals surface area contributed by atoms with E-state index in [4.69, 9.17) is 9.47 Å². The molecule has 1 fully saturated rings. The van der Waals surface area contributed by atoms with Gasteiger partial charge in [0.2, 0.25) is 11.8 Å². The zero-order chi connectivity index (χ0) is 23.6. The highest BCUT2D eigenvalue weighted by atomic mass is 19.4. The molecule has 2 aromatic rings. The quantitative estimate of drug-likeness (QED) is 0.654. The van der Waals surface area contributed by atoms with Crippen molar-refractivity contribution in [1.82, 2.24) is 9.80 Å². The van der Waals surface area contributed by atoms with Gasteiger partial charge in [0, 0.05) is 38.2 Å². The van der Waals surface area contributed by atoms with Gasteiger partial charge in [-0.15, -0.1) is 0 Å². The molecule has 0 aliphatic carbocycles. The number of amides is 2. The molecule has 2 amide bonds. The van der Waals surface area contributed by atoms with Gasteiger partial charge in [0.15, 0.2) is 11.5 Å². The summed E-state index contributed by atoms with van der Waals surface area (Å²) in [6, 6.07) is 10.5. The summed E-state index contributed by atoms with van der Waals surface area (Å²) in [5.74, 6) is 0.330. The van der Waals surface area contributed by atoms with Gasteiger partial charge in [0.05, 0.1) is 11.5 Å². The van der Waals surface area contributed by atoms with Crippen LogP contribution in [0.4, 0.5) is 13.2 Å². The van der Waals surface area contributed by atoms with Crippen molar-refractivity contribution in [2.24, 2.45) is 5.92 Å². The number of hydrogen-bond acceptors (Lipinski definition) is 4.